The second-order valence-corrected chi connectivity index (χ2v) is 15.3. The average Bonchev–Trinajstić information content (AvgIpc) is 3.56. The van der Waals surface area contributed by atoms with Crippen LogP contribution in [0.1, 0.15) is 152 Å². The van der Waals surface area contributed by atoms with Gasteiger partial charge in [0.2, 0.25) is 24.1 Å². The van der Waals surface area contributed by atoms with Crippen molar-refractivity contribution in [2.75, 3.05) is 39.8 Å². The zero-order valence-corrected chi connectivity index (χ0v) is 33.5. The Kier molecular flexibility index (Phi) is 26.9. The molecule has 0 aromatic carbocycles. The number of hydrogen-bond donors (Lipinski definition) is 2. The van der Waals surface area contributed by atoms with Crippen molar-refractivity contribution in [3.63, 3.8) is 0 Å². The number of nitrogens with zero attached hydrogens (tertiary/aromatic N) is 3. The summed E-state index contributed by atoms with van der Waals surface area (Å²) in [6, 6.07) is 0.0368. The van der Waals surface area contributed by atoms with Gasteiger partial charge in [-0.1, -0.05) is 105 Å². The molecule has 0 bridgehead atoms. The molecule has 2 heterocycles. The van der Waals surface area contributed by atoms with Gasteiger partial charge in [0, 0.05) is 31.8 Å². The Balaban J connectivity index is 0.00000147. The molecule has 2 fully saturated rings. The second-order valence-electron chi connectivity index (χ2n) is 15.3. The van der Waals surface area contributed by atoms with Gasteiger partial charge in [0.1, 0.15) is 6.04 Å². The lowest BCUT2D eigenvalue weighted by Crippen LogP contribution is -2.47. The number of amides is 4. The van der Waals surface area contributed by atoms with E-state index in [0.717, 1.165) is 31.2 Å². The number of nitrogens with one attached hydrogen (secondary N) is 2. The maximum absolute atomic E-state index is 13.2. The number of hydrogen-bond acceptors (Lipinski definition) is 5. The van der Waals surface area contributed by atoms with Crippen molar-refractivity contribution in [3.8, 4) is 0 Å². The first-order valence-corrected chi connectivity index (χ1v) is 19.7. The number of carbonyl (C=O) groups excluding carboxylic acids is 4. The molecule has 0 aliphatic carbocycles. The molecule has 0 aromatic heterocycles. The summed E-state index contributed by atoms with van der Waals surface area (Å²) in [4.78, 5) is 54.7. The Morgan fingerprint density at radius 1 is 0.816 bits per heavy atom. The largest absolute Gasteiger partial charge is 0.354 e. The van der Waals surface area contributed by atoms with Crippen molar-refractivity contribution in [3.05, 3.63) is 11.6 Å². The van der Waals surface area contributed by atoms with Crippen LogP contribution in [0.25, 0.3) is 0 Å². The highest BCUT2D eigenvalue weighted by Crippen LogP contribution is 2.22. The fraction of sp³-hybridized carbons (Fsp3) is 0.850. The van der Waals surface area contributed by atoms with Gasteiger partial charge in [-0.3, -0.25) is 19.2 Å². The third-order valence-electron chi connectivity index (χ3n) is 9.14. The molecular weight excluding hydrogens is 614 g/mol. The monoisotopic (exact) mass is 692 g/mol. The van der Waals surface area contributed by atoms with E-state index in [0.29, 0.717) is 31.5 Å². The average molecular weight is 692 g/mol. The minimum Gasteiger partial charge on any atom is -0.354 e. The van der Waals surface area contributed by atoms with Crippen LogP contribution in [-0.2, 0) is 19.2 Å². The predicted octanol–water partition coefficient (Wildman–Crippen LogP) is 7.34. The predicted molar refractivity (Wildman–Crippen MR) is 205 cm³/mol. The fourth-order valence-electron chi connectivity index (χ4n) is 6.21. The molecule has 49 heavy (non-hydrogen) atoms. The van der Waals surface area contributed by atoms with Crippen LogP contribution in [0, 0.1) is 11.8 Å². The Hall–Kier alpha value is -2.42. The van der Waals surface area contributed by atoms with Gasteiger partial charge in [-0.05, 0) is 77.8 Å². The molecule has 0 aromatic rings. The molecule has 0 radical (unpaired) electrons. The molecule has 2 rings (SSSR count). The van der Waals surface area contributed by atoms with Gasteiger partial charge in [-0.25, -0.2) is 0 Å². The zero-order chi connectivity index (χ0) is 37.2. The smallest absolute Gasteiger partial charge is 0.249 e. The van der Waals surface area contributed by atoms with Gasteiger partial charge in [-0.15, -0.1) is 0 Å². The lowest BCUT2D eigenvalue weighted by Gasteiger charge is -2.30. The van der Waals surface area contributed by atoms with Crippen molar-refractivity contribution < 1.29 is 19.2 Å². The van der Waals surface area contributed by atoms with Gasteiger partial charge in [0.05, 0.1) is 12.6 Å². The molecule has 2 aliphatic heterocycles. The normalized spacial score (nSPS) is 17.2. The van der Waals surface area contributed by atoms with E-state index in [1.165, 1.54) is 77.3 Å². The van der Waals surface area contributed by atoms with Crippen LogP contribution in [0.2, 0.25) is 0 Å². The Bertz CT molecular complexity index is 927. The summed E-state index contributed by atoms with van der Waals surface area (Å²) in [7, 11) is 1.67. The first kappa shape index (κ1) is 46.6. The quantitative estimate of drug-likeness (QED) is 0.0839. The summed E-state index contributed by atoms with van der Waals surface area (Å²) < 4.78 is 0. The van der Waals surface area contributed by atoms with Crippen molar-refractivity contribution >= 4 is 24.1 Å². The topological polar surface area (TPSA) is 102 Å². The minimum atomic E-state index is -0.437. The summed E-state index contributed by atoms with van der Waals surface area (Å²) in [5, 5.41) is 5.43. The van der Waals surface area contributed by atoms with Crippen LogP contribution >= 0.6 is 0 Å². The number of likely N-dealkylation sites (N-methyl/N-ethyl adjacent to an activating group) is 1. The van der Waals surface area contributed by atoms with Crippen molar-refractivity contribution in [1.29, 1.82) is 0 Å². The van der Waals surface area contributed by atoms with Crippen LogP contribution in [0.3, 0.4) is 0 Å². The summed E-state index contributed by atoms with van der Waals surface area (Å²) in [5.74, 6) is 0.452. The first-order chi connectivity index (χ1) is 23.3. The van der Waals surface area contributed by atoms with Crippen LogP contribution in [0.4, 0.5) is 0 Å². The molecule has 0 unspecified atom stereocenters. The molecule has 2 N–H and O–H groups in total. The lowest BCUT2D eigenvalue weighted by atomic mass is 9.99. The summed E-state index contributed by atoms with van der Waals surface area (Å²) in [6.07, 6.45) is 19.2. The van der Waals surface area contributed by atoms with E-state index in [-0.39, 0.29) is 36.2 Å². The highest BCUT2D eigenvalue weighted by Gasteiger charge is 2.35. The summed E-state index contributed by atoms with van der Waals surface area (Å²) >= 11 is 0. The fourth-order valence-corrected chi connectivity index (χ4v) is 6.21. The highest BCUT2D eigenvalue weighted by atomic mass is 16.2. The number of unbranched alkanes of at least 4 members (excludes halogenated alkanes) is 8. The molecule has 0 spiro atoms. The molecule has 2 saturated heterocycles. The third kappa shape index (κ3) is 21.4. The van der Waals surface area contributed by atoms with Gasteiger partial charge in [0.15, 0.2) is 0 Å². The van der Waals surface area contributed by atoms with E-state index in [2.05, 4.69) is 57.1 Å². The van der Waals surface area contributed by atoms with Crippen LogP contribution in [0.15, 0.2) is 11.6 Å². The van der Waals surface area contributed by atoms with Crippen molar-refractivity contribution in [2.45, 2.75) is 170 Å². The standard InChI is InChI=1S/C28H50N4O4.C8H17N.C4H10/c1-6-7-8-9-10-11-12-13-14-17-30-27(35)24-16-15-18-32(24)28(36)23(4)19-25(22(2)3)31(5)26(34)20-29-21-33;1-8(2)9-6-4-3-5-7-9;1-4(2)3/h19,21-22,24-25H,6-18,20H2,1-5H3,(H,29,33)(H,30,35);8H,3-7H2,1-2H3;4H,1-3H3/b23-19+;;/t24-,25+;;/m0../s1. The zero-order valence-electron chi connectivity index (χ0n) is 33.5. The van der Waals surface area contributed by atoms with E-state index in [4.69, 9.17) is 0 Å². The number of piperidine rings is 1. The maximum Gasteiger partial charge on any atom is 0.249 e. The lowest BCUT2D eigenvalue weighted by molar-refractivity contribution is -0.135. The van der Waals surface area contributed by atoms with Crippen molar-refractivity contribution in [1.82, 2.24) is 25.3 Å². The maximum atomic E-state index is 13.2. The Labute approximate surface area is 301 Å². The van der Waals surface area contributed by atoms with Crippen LogP contribution in [0.5, 0.6) is 0 Å². The van der Waals surface area contributed by atoms with E-state index in [1.54, 1.807) is 29.8 Å². The van der Waals surface area contributed by atoms with E-state index >= 15 is 0 Å². The summed E-state index contributed by atoms with van der Waals surface area (Å²) in [6.45, 7) is 22.8. The van der Waals surface area contributed by atoms with E-state index in [1.807, 2.05) is 13.8 Å². The minimum absolute atomic E-state index is 0.0686. The van der Waals surface area contributed by atoms with Gasteiger partial charge >= 0.3 is 0 Å². The molecule has 9 heteroatoms. The van der Waals surface area contributed by atoms with Crippen LogP contribution in [-0.4, -0.2) is 96.7 Å². The molecule has 0 saturated carbocycles. The summed E-state index contributed by atoms with van der Waals surface area (Å²) in [5.41, 5.74) is 0.523. The molecule has 2 atom stereocenters. The van der Waals surface area contributed by atoms with Gasteiger partial charge in [-0.2, -0.15) is 0 Å². The molecular formula is C40H77N5O4. The molecule has 286 valence electrons. The van der Waals surface area contributed by atoms with Gasteiger partial charge < -0.3 is 25.3 Å². The number of carbonyl (C=O) groups is 4. The van der Waals surface area contributed by atoms with Crippen LogP contribution < -0.4 is 10.6 Å². The third-order valence-corrected chi connectivity index (χ3v) is 9.14. The highest BCUT2D eigenvalue weighted by molar-refractivity contribution is 5.97. The second kappa shape index (κ2) is 28.3. The van der Waals surface area contributed by atoms with E-state index in [9.17, 15) is 19.2 Å². The number of rotatable bonds is 19. The number of likely N-dealkylation sites (tertiary alicyclic amines) is 2. The van der Waals surface area contributed by atoms with Crippen molar-refractivity contribution in [2.24, 2.45) is 11.8 Å². The molecule has 4 amide bonds. The Morgan fingerprint density at radius 2 is 1.37 bits per heavy atom. The molecule has 2 aliphatic rings. The van der Waals surface area contributed by atoms with E-state index < -0.39 is 6.04 Å². The molecule has 9 nitrogen and oxygen atoms in total. The Morgan fingerprint density at radius 3 is 1.86 bits per heavy atom. The first-order valence-electron chi connectivity index (χ1n) is 19.7. The SMILES string of the molecule is CC(C)C.CC(C)N1CCCCC1.CCCCCCCCCCCNC(=O)[C@@H]1CCCN1C(=O)/C(C)=C/[C@H](C(C)C)N(C)C(=O)CNC=O. The van der Waals surface area contributed by atoms with Gasteiger partial charge in [0.25, 0.3) is 0 Å².